The van der Waals surface area contributed by atoms with E-state index in [2.05, 4.69) is 9.97 Å². The maximum atomic E-state index is 12.9. The Morgan fingerprint density at radius 1 is 0.792 bits per heavy atom. The number of aryl methyl sites for hydroxylation is 2. The molecule has 2 heterocycles. The number of pyridine rings is 2. The van der Waals surface area contributed by atoms with Crippen molar-refractivity contribution in [1.29, 1.82) is 0 Å². The molecule has 0 radical (unpaired) electrons. The average Bonchev–Trinajstić information content (AvgIpc) is 2.56. The smallest absolute Gasteiger partial charge is 0.261 e. The highest BCUT2D eigenvalue weighted by Crippen LogP contribution is 2.33. The quantitative estimate of drug-likeness (QED) is 0.625. The topological polar surface area (TPSA) is 25.8 Å². The van der Waals surface area contributed by atoms with Crippen LogP contribution in [-0.2, 0) is 6.18 Å². The Balaban J connectivity index is 2.07. The molecule has 0 atom stereocenters. The number of hydrogen-bond donors (Lipinski definition) is 0. The summed E-state index contributed by atoms with van der Waals surface area (Å²) >= 11 is 0. The van der Waals surface area contributed by atoms with Crippen molar-refractivity contribution in [2.24, 2.45) is 0 Å². The molecule has 0 aliphatic heterocycles. The molecule has 0 unspecified atom stereocenters. The SMILES string of the molecule is Cc1ccc(-c2cc(-c3cccc(C(F)(F)F)c3)cnc2C)cn1. The summed E-state index contributed by atoms with van der Waals surface area (Å²) in [5.41, 5.74) is 3.91. The number of benzene rings is 1. The fourth-order valence-electron chi connectivity index (χ4n) is 2.49. The molecule has 0 aliphatic carbocycles. The molecule has 1 aromatic carbocycles. The lowest BCUT2D eigenvalue weighted by Crippen LogP contribution is -2.04. The van der Waals surface area contributed by atoms with Gasteiger partial charge in [-0.15, -0.1) is 0 Å². The number of nitrogens with zero attached hydrogens (tertiary/aromatic N) is 2. The van der Waals surface area contributed by atoms with E-state index in [9.17, 15) is 13.2 Å². The highest BCUT2D eigenvalue weighted by molar-refractivity contribution is 5.73. The molecule has 2 nitrogen and oxygen atoms in total. The molecular weight excluding hydrogens is 313 g/mol. The first-order chi connectivity index (χ1) is 11.3. The fraction of sp³-hybridized carbons (Fsp3) is 0.158. The van der Waals surface area contributed by atoms with E-state index in [1.54, 1.807) is 18.5 Å². The summed E-state index contributed by atoms with van der Waals surface area (Å²) in [7, 11) is 0. The molecule has 2 aromatic heterocycles. The first-order valence-electron chi connectivity index (χ1n) is 7.42. The predicted molar refractivity (Wildman–Crippen MR) is 87.4 cm³/mol. The maximum Gasteiger partial charge on any atom is 0.416 e. The van der Waals surface area contributed by atoms with Gasteiger partial charge in [0, 0.05) is 40.5 Å². The molecule has 0 amide bonds. The van der Waals surface area contributed by atoms with Crippen LogP contribution in [0.5, 0.6) is 0 Å². The van der Waals surface area contributed by atoms with E-state index in [1.165, 1.54) is 6.07 Å². The second-order valence-corrected chi connectivity index (χ2v) is 5.62. The molecular formula is C19H15F3N2. The molecule has 3 aromatic rings. The van der Waals surface area contributed by atoms with Gasteiger partial charge in [-0.3, -0.25) is 9.97 Å². The van der Waals surface area contributed by atoms with Crippen LogP contribution in [-0.4, -0.2) is 9.97 Å². The van der Waals surface area contributed by atoms with Crippen LogP contribution >= 0.6 is 0 Å². The molecule has 0 saturated heterocycles. The molecule has 3 rings (SSSR count). The standard InChI is InChI=1S/C19H15F3N2/c1-12-6-7-15(10-23-12)18-9-16(11-24-13(18)2)14-4-3-5-17(8-14)19(20,21)22/h3-11H,1-2H3. The van der Waals surface area contributed by atoms with Crippen molar-refractivity contribution < 1.29 is 13.2 Å². The van der Waals surface area contributed by atoms with Gasteiger partial charge in [-0.25, -0.2) is 0 Å². The van der Waals surface area contributed by atoms with Crippen molar-refractivity contribution in [1.82, 2.24) is 9.97 Å². The minimum Gasteiger partial charge on any atom is -0.261 e. The van der Waals surface area contributed by atoms with Gasteiger partial charge >= 0.3 is 6.18 Å². The van der Waals surface area contributed by atoms with Crippen molar-refractivity contribution in [2.75, 3.05) is 0 Å². The number of hydrogen-bond acceptors (Lipinski definition) is 2. The molecule has 122 valence electrons. The van der Waals surface area contributed by atoms with Gasteiger partial charge in [-0.1, -0.05) is 18.2 Å². The second kappa shape index (κ2) is 6.07. The Bertz CT molecular complexity index is 869. The van der Waals surface area contributed by atoms with Crippen LogP contribution in [0.2, 0.25) is 0 Å². The Hall–Kier alpha value is -2.69. The largest absolute Gasteiger partial charge is 0.416 e. The van der Waals surface area contributed by atoms with Gasteiger partial charge in [0.05, 0.1) is 5.56 Å². The maximum absolute atomic E-state index is 12.9. The summed E-state index contributed by atoms with van der Waals surface area (Å²) in [6.07, 6.45) is -1.02. The summed E-state index contributed by atoms with van der Waals surface area (Å²) in [6.45, 7) is 3.76. The van der Waals surface area contributed by atoms with Crippen LogP contribution in [0.3, 0.4) is 0 Å². The minimum absolute atomic E-state index is 0.485. The Morgan fingerprint density at radius 3 is 2.21 bits per heavy atom. The van der Waals surface area contributed by atoms with E-state index < -0.39 is 11.7 Å². The minimum atomic E-state index is -4.36. The van der Waals surface area contributed by atoms with Crippen LogP contribution in [0, 0.1) is 13.8 Å². The van der Waals surface area contributed by atoms with Crippen molar-refractivity contribution in [2.45, 2.75) is 20.0 Å². The van der Waals surface area contributed by atoms with E-state index >= 15 is 0 Å². The average molecular weight is 328 g/mol. The van der Waals surface area contributed by atoms with Crippen molar-refractivity contribution >= 4 is 0 Å². The molecule has 0 N–H and O–H groups in total. The Kier molecular flexibility index (Phi) is 4.09. The lowest BCUT2D eigenvalue weighted by molar-refractivity contribution is -0.137. The number of alkyl halides is 3. The molecule has 0 bridgehead atoms. The second-order valence-electron chi connectivity index (χ2n) is 5.62. The third kappa shape index (κ3) is 3.30. The van der Waals surface area contributed by atoms with E-state index in [0.29, 0.717) is 11.1 Å². The fourth-order valence-corrected chi connectivity index (χ4v) is 2.49. The molecule has 0 aliphatic rings. The third-order valence-electron chi connectivity index (χ3n) is 3.83. The van der Waals surface area contributed by atoms with Gasteiger partial charge in [0.25, 0.3) is 0 Å². The van der Waals surface area contributed by atoms with Gasteiger partial charge in [-0.05, 0) is 43.7 Å². The van der Waals surface area contributed by atoms with Crippen LogP contribution in [0.25, 0.3) is 22.3 Å². The summed E-state index contributed by atoms with van der Waals surface area (Å²) in [5, 5.41) is 0. The molecule has 0 fully saturated rings. The zero-order chi connectivity index (χ0) is 17.3. The number of halogens is 3. The summed E-state index contributed by atoms with van der Waals surface area (Å²) in [4.78, 5) is 8.61. The molecule has 0 spiro atoms. The van der Waals surface area contributed by atoms with Crippen molar-refractivity contribution in [3.05, 3.63) is 71.8 Å². The van der Waals surface area contributed by atoms with E-state index in [4.69, 9.17) is 0 Å². The lowest BCUT2D eigenvalue weighted by atomic mass is 9.99. The Morgan fingerprint density at radius 2 is 1.54 bits per heavy atom. The van der Waals surface area contributed by atoms with Gasteiger partial charge in [0.2, 0.25) is 0 Å². The normalized spacial score (nSPS) is 11.5. The zero-order valence-corrected chi connectivity index (χ0v) is 13.2. The summed E-state index contributed by atoms with van der Waals surface area (Å²) in [5.74, 6) is 0. The monoisotopic (exact) mass is 328 g/mol. The highest BCUT2D eigenvalue weighted by atomic mass is 19.4. The molecule has 5 heteroatoms. The first-order valence-corrected chi connectivity index (χ1v) is 7.42. The van der Waals surface area contributed by atoms with Crippen LogP contribution < -0.4 is 0 Å². The van der Waals surface area contributed by atoms with E-state index in [1.807, 2.05) is 32.0 Å². The lowest BCUT2D eigenvalue weighted by Gasteiger charge is -2.11. The summed E-state index contributed by atoms with van der Waals surface area (Å²) in [6, 6.07) is 10.9. The van der Waals surface area contributed by atoms with Gasteiger partial charge < -0.3 is 0 Å². The zero-order valence-electron chi connectivity index (χ0n) is 13.2. The van der Waals surface area contributed by atoms with E-state index in [0.717, 1.165) is 34.6 Å². The van der Waals surface area contributed by atoms with Gasteiger partial charge in [0.1, 0.15) is 0 Å². The number of aromatic nitrogens is 2. The Labute approximate surface area is 138 Å². The summed E-state index contributed by atoms with van der Waals surface area (Å²) < 4.78 is 38.7. The van der Waals surface area contributed by atoms with Crippen LogP contribution in [0.1, 0.15) is 17.0 Å². The number of rotatable bonds is 2. The van der Waals surface area contributed by atoms with Crippen molar-refractivity contribution in [3.8, 4) is 22.3 Å². The van der Waals surface area contributed by atoms with Crippen LogP contribution in [0.4, 0.5) is 13.2 Å². The highest BCUT2D eigenvalue weighted by Gasteiger charge is 2.30. The van der Waals surface area contributed by atoms with Gasteiger partial charge in [-0.2, -0.15) is 13.2 Å². The van der Waals surface area contributed by atoms with Gasteiger partial charge in [0.15, 0.2) is 0 Å². The predicted octanol–water partition coefficient (Wildman–Crippen LogP) is 5.45. The molecule has 0 saturated carbocycles. The third-order valence-corrected chi connectivity index (χ3v) is 3.83. The van der Waals surface area contributed by atoms with Crippen LogP contribution in [0.15, 0.2) is 54.9 Å². The first kappa shape index (κ1) is 16.2. The van der Waals surface area contributed by atoms with Crippen molar-refractivity contribution in [3.63, 3.8) is 0 Å². The van der Waals surface area contributed by atoms with E-state index in [-0.39, 0.29) is 0 Å². The molecule has 24 heavy (non-hydrogen) atoms.